The second kappa shape index (κ2) is 3.22. The Balaban J connectivity index is 2.36. The molecule has 76 valence electrons. The van der Waals surface area contributed by atoms with E-state index in [1.54, 1.807) is 24.3 Å². The molecule has 2 atom stereocenters. The van der Waals surface area contributed by atoms with E-state index in [0.717, 1.165) is 5.56 Å². The molecule has 2 unspecified atom stereocenters. The molecule has 0 spiro atoms. The van der Waals surface area contributed by atoms with Gasteiger partial charge in [0.15, 0.2) is 9.84 Å². The smallest absolute Gasteiger partial charge is 0.160 e. The average molecular weight is 232 g/mol. The summed E-state index contributed by atoms with van der Waals surface area (Å²) in [5.74, 6) is 0.0836. The van der Waals surface area contributed by atoms with Crippen molar-refractivity contribution in [2.75, 3.05) is 5.75 Å². The molecule has 0 radical (unpaired) electrons. The topological polar surface area (TPSA) is 60.2 Å². The molecule has 0 aliphatic carbocycles. The van der Waals surface area contributed by atoms with E-state index in [1.807, 2.05) is 0 Å². The molecule has 1 fully saturated rings. The lowest BCUT2D eigenvalue weighted by Gasteiger charge is -2.33. The molecule has 0 bridgehead atoms. The van der Waals surface area contributed by atoms with Crippen molar-refractivity contribution in [2.45, 2.75) is 11.3 Å². The Morgan fingerprint density at radius 1 is 1.29 bits per heavy atom. The van der Waals surface area contributed by atoms with Gasteiger partial charge in [-0.3, -0.25) is 0 Å². The van der Waals surface area contributed by atoms with E-state index in [0.29, 0.717) is 5.02 Å². The fourth-order valence-electron chi connectivity index (χ4n) is 1.71. The molecule has 14 heavy (non-hydrogen) atoms. The lowest BCUT2D eigenvalue weighted by Crippen LogP contribution is -2.50. The van der Waals surface area contributed by atoms with Crippen LogP contribution in [-0.2, 0) is 9.84 Å². The monoisotopic (exact) mass is 231 g/mol. The summed E-state index contributed by atoms with van der Waals surface area (Å²) in [6.45, 7) is 0. The van der Waals surface area contributed by atoms with Crippen LogP contribution in [-0.4, -0.2) is 20.2 Å². The van der Waals surface area contributed by atoms with Gasteiger partial charge in [0.2, 0.25) is 0 Å². The third kappa shape index (κ3) is 1.54. The molecule has 1 aromatic rings. The second-order valence-electron chi connectivity index (χ2n) is 3.47. The molecule has 1 aromatic carbocycles. The van der Waals surface area contributed by atoms with Gasteiger partial charge in [-0.05, 0) is 17.7 Å². The normalized spacial score (nSPS) is 29.6. The molecular formula is C9H10ClNO2S. The zero-order chi connectivity index (χ0) is 10.3. The first kappa shape index (κ1) is 9.96. The molecule has 5 heteroatoms. The lowest BCUT2D eigenvalue weighted by molar-refractivity contribution is 0.523. The van der Waals surface area contributed by atoms with Crippen molar-refractivity contribution in [1.29, 1.82) is 0 Å². The number of rotatable bonds is 1. The maximum absolute atomic E-state index is 11.4. The standard InChI is InChI=1S/C9H10ClNO2S/c10-7-3-1-6(2-4-7)9-8(11)5-14(9,12)13/h1-4,8-9H,5,11H2. The summed E-state index contributed by atoms with van der Waals surface area (Å²) >= 11 is 5.70. The zero-order valence-electron chi connectivity index (χ0n) is 7.35. The van der Waals surface area contributed by atoms with Gasteiger partial charge >= 0.3 is 0 Å². The first-order chi connectivity index (χ1) is 6.50. The molecule has 1 saturated heterocycles. The lowest BCUT2D eigenvalue weighted by atomic mass is 10.1. The van der Waals surface area contributed by atoms with Crippen molar-refractivity contribution < 1.29 is 8.42 Å². The van der Waals surface area contributed by atoms with Gasteiger partial charge in [-0.15, -0.1) is 0 Å². The van der Waals surface area contributed by atoms with Crippen LogP contribution >= 0.6 is 11.6 Å². The molecule has 3 nitrogen and oxygen atoms in total. The predicted molar refractivity (Wildman–Crippen MR) is 56.0 cm³/mol. The van der Waals surface area contributed by atoms with Crippen molar-refractivity contribution in [3.05, 3.63) is 34.9 Å². The van der Waals surface area contributed by atoms with Gasteiger partial charge in [0.25, 0.3) is 0 Å². The van der Waals surface area contributed by atoms with E-state index in [2.05, 4.69) is 0 Å². The van der Waals surface area contributed by atoms with E-state index in [-0.39, 0.29) is 11.8 Å². The van der Waals surface area contributed by atoms with Gasteiger partial charge in [-0.2, -0.15) is 0 Å². The van der Waals surface area contributed by atoms with Crippen molar-refractivity contribution >= 4 is 21.4 Å². The number of sulfone groups is 1. The third-order valence-electron chi connectivity index (χ3n) is 2.40. The highest BCUT2D eigenvalue weighted by atomic mass is 35.5. The predicted octanol–water partition coefficient (Wildman–Crippen LogP) is 1.14. The third-order valence-corrected chi connectivity index (χ3v) is 4.90. The van der Waals surface area contributed by atoms with Gasteiger partial charge in [0.1, 0.15) is 5.25 Å². The zero-order valence-corrected chi connectivity index (χ0v) is 8.92. The summed E-state index contributed by atoms with van der Waals surface area (Å²) in [5, 5.41) is 0.0545. The molecule has 1 aliphatic rings. The van der Waals surface area contributed by atoms with Gasteiger partial charge in [-0.1, -0.05) is 23.7 Å². The van der Waals surface area contributed by atoms with E-state index in [9.17, 15) is 8.42 Å². The molecule has 2 N–H and O–H groups in total. The van der Waals surface area contributed by atoms with Crippen LogP contribution in [0.2, 0.25) is 5.02 Å². The van der Waals surface area contributed by atoms with Crippen molar-refractivity contribution in [2.24, 2.45) is 5.73 Å². The van der Waals surface area contributed by atoms with Gasteiger partial charge in [-0.25, -0.2) is 8.42 Å². The Hall–Kier alpha value is -0.580. The molecule has 1 heterocycles. The number of hydrogen-bond donors (Lipinski definition) is 1. The molecular weight excluding hydrogens is 222 g/mol. The van der Waals surface area contributed by atoms with Crippen molar-refractivity contribution in [1.82, 2.24) is 0 Å². The van der Waals surface area contributed by atoms with Crippen LogP contribution in [0.1, 0.15) is 10.8 Å². The number of nitrogens with two attached hydrogens (primary N) is 1. The molecule has 1 aliphatic heterocycles. The maximum Gasteiger partial charge on any atom is 0.160 e. The SMILES string of the molecule is NC1CS(=O)(=O)C1c1ccc(Cl)cc1. The van der Waals surface area contributed by atoms with Gasteiger partial charge in [0.05, 0.1) is 5.75 Å². The van der Waals surface area contributed by atoms with Crippen LogP contribution in [0.5, 0.6) is 0 Å². The highest BCUT2D eigenvalue weighted by Crippen LogP contribution is 2.35. The fourth-order valence-corrected chi connectivity index (χ4v) is 3.62. The quantitative estimate of drug-likeness (QED) is 0.789. The van der Waals surface area contributed by atoms with Crippen LogP contribution in [0.15, 0.2) is 24.3 Å². The number of halogens is 1. The molecule has 0 saturated carbocycles. The Labute approximate surface area is 87.8 Å². The molecule has 0 aromatic heterocycles. The fraction of sp³-hybridized carbons (Fsp3) is 0.333. The first-order valence-electron chi connectivity index (χ1n) is 4.23. The van der Waals surface area contributed by atoms with E-state index in [4.69, 9.17) is 17.3 Å². The van der Waals surface area contributed by atoms with Crippen molar-refractivity contribution in [3.8, 4) is 0 Å². The van der Waals surface area contributed by atoms with Crippen LogP contribution in [0.3, 0.4) is 0 Å². The molecule has 2 rings (SSSR count). The largest absolute Gasteiger partial charge is 0.325 e. The highest BCUT2D eigenvalue weighted by Gasteiger charge is 2.44. The van der Waals surface area contributed by atoms with Gasteiger partial charge in [0, 0.05) is 11.1 Å². The Morgan fingerprint density at radius 3 is 2.29 bits per heavy atom. The first-order valence-corrected chi connectivity index (χ1v) is 6.33. The summed E-state index contributed by atoms with van der Waals surface area (Å²) in [6, 6.07) is 6.50. The summed E-state index contributed by atoms with van der Waals surface area (Å²) in [6.07, 6.45) is 0. The van der Waals surface area contributed by atoms with Crippen LogP contribution in [0, 0.1) is 0 Å². The minimum atomic E-state index is -3.01. The second-order valence-corrected chi connectivity index (χ2v) is 6.07. The maximum atomic E-state index is 11.4. The Kier molecular flexibility index (Phi) is 2.29. The van der Waals surface area contributed by atoms with E-state index >= 15 is 0 Å². The Morgan fingerprint density at radius 2 is 1.86 bits per heavy atom. The average Bonchev–Trinajstić information content (AvgIpc) is 2.07. The number of hydrogen-bond acceptors (Lipinski definition) is 3. The van der Waals surface area contributed by atoms with Crippen LogP contribution in [0.25, 0.3) is 0 Å². The molecule has 0 amide bonds. The minimum absolute atomic E-state index is 0.0836. The van der Waals surface area contributed by atoms with Crippen LogP contribution < -0.4 is 5.73 Å². The van der Waals surface area contributed by atoms with E-state index < -0.39 is 15.1 Å². The highest BCUT2D eigenvalue weighted by molar-refractivity contribution is 7.93. The summed E-state index contributed by atoms with van der Waals surface area (Å²) in [7, 11) is -3.01. The summed E-state index contributed by atoms with van der Waals surface area (Å²) in [4.78, 5) is 0. The van der Waals surface area contributed by atoms with Crippen LogP contribution in [0.4, 0.5) is 0 Å². The summed E-state index contributed by atoms with van der Waals surface area (Å²) in [5.41, 5.74) is 6.39. The van der Waals surface area contributed by atoms with Crippen molar-refractivity contribution in [3.63, 3.8) is 0 Å². The van der Waals surface area contributed by atoms with E-state index in [1.165, 1.54) is 0 Å². The minimum Gasteiger partial charge on any atom is -0.325 e. The number of benzene rings is 1. The summed E-state index contributed by atoms with van der Waals surface area (Å²) < 4.78 is 22.8. The Bertz CT molecular complexity index is 440. The van der Waals surface area contributed by atoms with Gasteiger partial charge < -0.3 is 5.73 Å².